The molecule has 0 saturated heterocycles. The van der Waals surface area contributed by atoms with E-state index in [9.17, 15) is 0 Å². The third kappa shape index (κ3) is 2.38. The predicted octanol–water partition coefficient (Wildman–Crippen LogP) is 4.18. The van der Waals surface area contributed by atoms with Crippen molar-refractivity contribution in [2.75, 3.05) is 13.6 Å². The van der Waals surface area contributed by atoms with Gasteiger partial charge in [0, 0.05) is 5.75 Å². The van der Waals surface area contributed by atoms with Gasteiger partial charge >= 0.3 is 0 Å². The molecule has 0 aliphatic carbocycles. The van der Waals surface area contributed by atoms with Crippen molar-refractivity contribution in [1.29, 1.82) is 0 Å². The Hall–Kier alpha value is -1.25. The molecule has 1 nitrogen and oxygen atoms in total. The van der Waals surface area contributed by atoms with Crippen LogP contribution in [0.3, 0.4) is 0 Å². The lowest BCUT2D eigenvalue weighted by atomic mass is 9.84. The van der Waals surface area contributed by atoms with E-state index in [0.29, 0.717) is 0 Å². The lowest BCUT2D eigenvalue weighted by Gasteiger charge is -2.30. The highest BCUT2D eigenvalue weighted by atomic mass is 32.2. The molecule has 0 fully saturated rings. The van der Waals surface area contributed by atoms with Crippen molar-refractivity contribution in [2.24, 2.45) is 0 Å². The molecule has 0 saturated carbocycles. The van der Waals surface area contributed by atoms with Crippen molar-refractivity contribution < 1.29 is 0 Å². The van der Waals surface area contributed by atoms with Gasteiger partial charge in [0.1, 0.15) is 0 Å². The first kappa shape index (κ1) is 13.7. The smallest absolute Gasteiger partial charge is 0.0663 e. The van der Waals surface area contributed by atoms with Crippen LogP contribution in [0.15, 0.2) is 54.6 Å². The molecule has 2 aromatic rings. The Bertz CT molecular complexity index is 567. The van der Waals surface area contributed by atoms with Crippen molar-refractivity contribution in [3.05, 3.63) is 71.3 Å². The van der Waals surface area contributed by atoms with Crippen molar-refractivity contribution in [3.8, 4) is 0 Å². The normalized spacial score (nSPS) is 20.9. The van der Waals surface area contributed by atoms with Crippen molar-refractivity contribution in [1.82, 2.24) is 5.32 Å². The van der Waals surface area contributed by atoms with Crippen molar-refractivity contribution >= 4 is 11.8 Å². The summed E-state index contributed by atoms with van der Waals surface area (Å²) in [6.07, 6.45) is 2.40. The van der Waals surface area contributed by atoms with Crippen LogP contribution in [0.25, 0.3) is 0 Å². The molecular weight excluding hydrogens is 262 g/mol. The highest BCUT2D eigenvalue weighted by Crippen LogP contribution is 2.54. The van der Waals surface area contributed by atoms with E-state index in [1.54, 1.807) is 0 Å². The molecule has 0 bridgehead atoms. The van der Waals surface area contributed by atoms with Crippen LogP contribution in [0.5, 0.6) is 0 Å². The highest BCUT2D eigenvalue weighted by molar-refractivity contribution is 8.00. The van der Waals surface area contributed by atoms with Gasteiger partial charge < -0.3 is 5.32 Å². The Morgan fingerprint density at radius 3 is 2.60 bits per heavy atom. The van der Waals surface area contributed by atoms with Crippen LogP contribution in [0, 0.1) is 0 Å². The molecule has 1 N–H and O–H groups in total. The summed E-state index contributed by atoms with van der Waals surface area (Å²) < 4.78 is 0.148. The van der Waals surface area contributed by atoms with Gasteiger partial charge in [-0.3, -0.25) is 0 Å². The van der Waals surface area contributed by atoms with Crippen molar-refractivity contribution in [3.63, 3.8) is 0 Å². The fourth-order valence-electron chi connectivity index (χ4n) is 3.13. The van der Waals surface area contributed by atoms with E-state index in [4.69, 9.17) is 0 Å². The summed E-state index contributed by atoms with van der Waals surface area (Å²) >= 11 is 2.09. The van der Waals surface area contributed by atoms with E-state index in [0.717, 1.165) is 12.3 Å². The first-order valence-electron chi connectivity index (χ1n) is 7.29. The van der Waals surface area contributed by atoms with Gasteiger partial charge in [-0.15, -0.1) is 11.8 Å². The number of nitrogens with one attached hydrogen (secondary N) is 1. The molecular formula is C18H21NS. The largest absolute Gasteiger partial charge is 0.320 e. The molecule has 1 atom stereocenters. The maximum atomic E-state index is 3.28. The molecule has 3 rings (SSSR count). The fourth-order valence-corrected chi connectivity index (χ4v) is 4.73. The Morgan fingerprint density at radius 1 is 1.05 bits per heavy atom. The van der Waals surface area contributed by atoms with Crippen LogP contribution in [0.4, 0.5) is 0 Å². The lowest BCUT2D eigenvalue weighted by Crippen LogP contribution is -2.23. The second-order valence-electron chi connectivity index (χ2n) is 5.35. The van der Waals surface area contributed by atoms with Crippen molar-refractivity contribution in [2.45, 2.75) is 23.3 Å². The minimum Gasteiger partial charge on any atom is -0.320 e. The Labute approximate surface area is 125 Å². The number of hydrogen-bond acceptors (Lipinski definition) is 2. The number of benzene rings is 2. The van der Waals surface area contributed by atoms with Crippen LogP contribution in [0.1, 0.15) is 29.5 Å². The van der Waals surface area contributed by atoms with Gasteiger partial charge in [0.15, 0.2) is 0 Å². The van der Waals surface area contributed by atoms with E-state index in [1.807, 2.05) is 7.05 Å². The second kappa shape index (κ2) is 6.02. The average Bonchev–Trinajstić information content (AvgIpc) is 2.89. The first-order chi connectivity index (χ1) is 9.87. The molecule has 0 radical (unpaired) electrons. The number of rotatable bonds is 5. The summed E-state index contributed by atoms with van der Waals surface area (Å²) in [5.41, 5.74) is 4.48. The van der Waals surface area contributed by atoms with Gasteiger partial charge in [0.25, 0.3) is 0 Å². The molecule has 0 amide bonds. The zero-order chi connectivity index (χ0) is 13.8. The molecule has 1 heterocycles. The highest BCUT2D eigenvalue weighted by Gasteiger charge is 2.40. The Kier molecular flexibility index (Phi) is 4.13. The second-order valence-corrected chi connectivity index (χ2v) is 6.62. The third-order valence-electron chi connectivity index (χ3n) is 4.12. The summed E-state index contributed by atoms with van der Waals surface area (Å²) in [5, 5.41) is 3.28. The molecule has 2 heteroatoms. The monoisotopic (exact) mass is 283 g/mol. The summed E-state index contributed by atoms with van der Waals surface area (Å²) in [5.74, 6) is 1.13. The number of fused-ring (bicyclic) bond motifs is 1. The van der Waals surface area contributed by atoms with Gasteiger partial charge in [-0.2, -0.15) is 0 Å². The predicted molar refractivity (Wildman–Crippen MR) is 88.1 cm³/mol. The summed E-state index contributed by atoms with van der Waals surface area (Å²) in [6.45, 7) is 1.08. The zero-order valence-electron chi connectivity index (χ0n) is 11.9. The average molecular weight is 283 g/mol. The van der Waals surface area contributed by atoms with Gasteiger partial charge in [-0.05, 0) is 43.1 Å². The minimum atomic E-state index is 0.148. The van der Waals surface area contributed by atoms with Gasteiger partial charge in [0.2, 0.25) is 0 Å². The van der Waals surface area contributed by atoms with Crippen LogP contribution >= 0.6 is 11.8 Å². The van der Waals surface area contributed by atoms with Crippen LogP contribution < -0.4 is 5.32 Å². The molecule has 1 aliphatic rings. The van der Waals surface area contributed by atoms with Gasteiger partial charge in [0.05, 0.1) is 4.75 Å². The first-order valence-corrected chi connectivity index (χ1v) is 8.28. The van der Waals surface area contributed by atoms with E-state index in [1.165, 1.54) is 29.5 Å². The number of thioether (sulfide) groups is 1. The summed E-state index contributed by atoms with van der Waals surface area (Å²) in [7, 11) is 2.03. The molecule has 0 spiro atoms. The topological polar surface area (TPSA) is 12.0 Å². The quantitative estimate of drug-likeness (QED) is 0.826. The lowest BCUT2D eigenvalue weighted by molar-refractivity contribution is 0.598. The number of hydrogen-bond donors (Lipinski definition) is 1. The van der Waals surface area contributed by atoms with Crippen LogP contribution in [-0.4, -0.2) is 13.6 Å². The molecule has 1 aliphatic heterocycles. The molecule has 104 valence electrons. The summed E-state index contributed by atoms with van der Waals surface area (Å²) in [4.78, 5) is 0. The SMILES string of the molecule is CNCCCC1(c2ccccc2)SCc2ccccc21. The maximum absolute atomic E-state index is 3.28. The summed E-state index contributed by atoms with van der Waals surface area (Å²) in [6, 6.07) is 20.0. The molecule has 0 aromatic heterocycles. The van der Waals surface area contributed by atoms with Crippen LogP contribution in [0.2, 0.25) is 0 Å². The fraction of sp³-hybridized carbons (Fsp3) is 0.333. The van der Waals surface area contributed by atoms with Gasteiger partial charge in [-0.25, -0.2) is 0 Å². The Balaban J connectivity index is 2.02. The third-order valence-corrected chi connectivity index (χ3v) is 5.73. The van der Waals surface area contributed by atoms with Gasteiger partial charge in [-0.1, -0.05) is 54.6 Å². The van der Waals surface area contributed by atoms with Crippen LogP contribution in [-0.2, 0) is 10.5 Å². The van der Waals surface area contributed by atoms with E-state index in [2.05, 4.69) is 71.7 Å². The van der Waals surface area contributed by atoms with E-state index in [-0.39, 0.29) is 4.75 Å². The maximum Gasteiger partial charge on any atom is 0.0663 e. The van der Waals surface area contributed by atoms with E-state index < -0.39 is 0 Å². The molecule has 2 aromatic carbocycles. The molecule has 1 unspecified atom stereocenters. The van der Waals surface area contributed by atoms with E-state index >= 15 is 0 Å². The Morgan fingerprint density at radius 2 is 1.80 bits per heavy atom. The minimum absolute atomic E-state index is 0.148. The molecule has 20 heavy (non-hydrogen) atoms. The standard InChI is InChI=1S/C18H21NS/c1-19-13-7-12-18(16-9-3-2-4-10-16)17-11-6-5-8-15(17)14-20-18/h2-6,8-11,19H,7,12-14H2,1H3. The zero-order valence-corrected chi connectivity index (χ0v) is 12.7.